The Morgan fingerprint density at radius 2 is 1.80 bits per heavy atom. The number of phenolic OH excluding ortho intramolecular Hbond substituents is 1. The van der Waals surface area contributed by atoms with Crippen LogP contribution in [0.1, 0.15) is 12.5 Å². The number of methoxy groups -OCH3 is 1. The third-order valence-electron chi connectivity index (χ3n) is 4.02. The number of hydrogen-bond acceptors (Lipinski definition) is 4. The zero-order valence-electron chi connectivity index (χ0n) is 14.5. The van der Waals surface area contributed by atoms with E-state index >= 15 is 0 Å². The van der Waals surface area contributed by atoms with Crippen LogP contribution in [-0.2, 0) is 21.2 Å². The first kappa shape index (κ1) is 19.7. The van der Waals surface area contributed by atoms with Gasteiger partial charge < -0.3 is 9.84 Å². The van der Waals surface area contributed by atoms with Crippen LogP contribution in [0, 0.1) is 0 Å². The van der Waals surface area contributed by atoms with Crippen LogP contribution in [0.25, 0.3) is 11.1 Å². The van der Waals surface area contributed by atoms with Gasteiger partial charge in [0.1, 0.15) is 10.6 Å². The second-order valence-corrected chi connectivity index (χ2v) is 8.08. The van der Waals surface area contributed by atoms with Crippen LogP contribution in [0.5, 0.6) is 5.75 Å². The maximum Gasteiger partial charge on any atom is 0.244 e. The minimum atomic E-state index is -3.68. The summed E-state index contributed by atoms with van der Waals surface area (Å²) < 4.78 is 31.3. The molecule has 0 saturated heterocycles. The number of ether oxygens (including phenoxy) is 1. The van der Waals surface area contributed by atoms with Crippen molar-refractivity contribution in [2.75, 3.05) is 27.3 Å². The molecule has 0 aliphatic rings. The summed E-state index contributed by atoms with van der Waals surface area (Å²) >= 11 is 6.26. The Balaban J connectivity index is 2.38. The van der Waals surface area contributed by atoms with E-state index in [9.17, 15) is 13.5 Å². The summed E-state index contributed by atoms with van der Waals surface area (Å²) in [6.07, 6.45) is 0.699. The molecule has 2 rings (SSSR count). The molecule has 0 unspecified atom stereocenters. The van der Waals surface area contributed by atoms with Gasteiger partial charge in [0.15, 0.2) is 0 Å². The Morgan fingerprint density at radius 1 is 1.16 bits per heavy atom. The van der Waals surface area contributed by atoms with E-state index < -0.39 is 10.0 Å². The quantitative estimate of drug-likeness (QED) is 0.794. The van der Waals surface area contributed by atoms with Crippen molar-refractivity contribution in [3.8, 4) is 16.9 Å². The summed E-state index contributed by atoms with van der Waals surface area (Å²) in [5.74, 6) is 0.247. The monoisotopic (exact) mass is 383 g/mol. The molecular weight excluding hydrogens is 362 g/mol. The molecule has 0 saturated carbocycles. The topological polar surface area (TPSA) is 66.8 Å². The molecule has 0 aromatic heterocycles. The molecule has 0 spiro atoms. The predicted octanol–water partition coefficient (Wildman–Crippen LogP) is 3.54. The van der Waals surface area contributed by atoms with Crippen molar-refractivity contribution in [1.29, 1.82) is 0 Å². The molecule has 25 heavy (non-hydrogen) atoms. The van der Waals surface area contributed by atoms with E-state index in [4.69, 9.17) is 16.3 Å². The van der Waals surface area contributed by atoms with Gasteiger partial charge in [-0.25, -0.2) is 8.42 Å². The van der Waals surface area contributed by atoms with Gasteiger partial charge >= 0.3 is 0 Å². The average molecular weight is 384 g/mol. The molecule has 136 valence electrons. The van der Waals surface area contributed by atoms with E-state index in [2.05, 4.69) is 0 Å². The smallest absolute Gasteiger partial charge is 0.244 e. The molecular formula is C18H22ClNO4S. The summed E-state index contributed by atoms with van der Waals surface area (Å²) in [4.78, 5) is 0.0611. The Morgan fingerprint density at radius 3 is 2.40 bits per heavy atom. The molecule has 0 fully saturated rings. The Bertz CT molecular complexity index is 852. The highest BCUT2D eigenvalue weighted by molar-refractivity contribution is 7.89. The zero-order valence-corrected chi connectivity index (χ0v) is 16.1. The first-order valence-corrected chi connectivity index (χ1v) is 9.70. The number of likely N-dealkylation sites (N-methyl/N-ethyl adjacent to an activating group) is 1. The van der Waals surface area contributed by atoms with Gasteiger partial charge in [0.05, 0.1) is 11.6 Å². The molecule has 0 atom stereocenters. The van der Waals surface area contributed by atoms with Crippen LogP contribution in [-0.4, -0.2) is 45.1 Å². The lowest BCUT2D eigenvalue weighted by molar-refractivity contribution is 0.185. The minimum Gasteiger partial charge on any atom is -0.508 e. The van der Waals surface area contributed by atoms with Gasteiger partial charge in [-0.3, -0.25) is 0 Å². The second kappa shape index (κ2) is 8.19. The van der Waals surface area contributed by atoms with Crippen LogP contribution in [0.2, 0.25) is 5.02 Å². The zero-order chi connectivity index (χ0) is 18.6. The highest BCUT2D eigenvalue weighted by Crippen LogP contribution is 2.31. The third-order valence-corrected chi connectivity index (χ3v) is 6.36. The largest absolute Gasteiger partial charge is 0.508 e. The molecule has 0 bridgehead atoms. The van der Waals surface area contributed by atoms with Crippen LogP contribution < -0.4 is 0 Å². The van der Waals surface area contributed by atoms with Crippen molar-refractivity contribution >= 4 is 21.6 Å². The van der Waals surface area contributed by atoms with Crippen molar-refractivity contribution in [1.82, 2.24) is 4.31 Å². The van der Waals surface area contributed by atoms with Gasteiger partial charge in [-0.05, 0) is 47.4 Å². The van der Waals surface area contributed by atoms with Gasteiger partial charge in [-0.1, -0.05) is 30.7 Å². The molecule has 0 heterocycles. The number of benzene rings is 2. The summed E-state index contributed by atoms with van der Waals surface area (Å²) in [5.41, 5.74) is 2.48. The molecule has 0 aliphatic heterocycles. The predicted molar refractivity (Wildman–Crippen MR) is 99.6 cm³/mol. The third kappa shape index (κ3) is 4.33. The molecule has 1 N–H and O–H groups in total. The summed E-state index contributed by atoms with van der Waals surface area (Å²) in [6, 6.07) is 10.1. The fourth-order valence-electron chi connectivity index (χ4n) is 2.45. The summed E-state index contributed by atoms with van der Waals surface area (Å²) in [5, 5.41) is 9.96. The Labute approximate surface area is 153 Å². The Kier molecular flexibility index (Phi) is 6.46. The summed E-state index contributed by atoms with van der Waals surface area (Å²) in [7, 11) is -0.669. The number of nitrogens with zero attached hydrogens (tertiary/aromatic N) is 1. The van der Waals surface area contributed by atoms with Crippen LogP contribution in [0.3, 0.4) is 0 Å². The van der Waals surface area contributed by atoms with E-state index in [1.807, 2.05) is 13.0 Å². The lowest BCUT2D eigenvalue weighted by Crippen LogP contribution is -2.30. The highest BCUT2D eigenvalue weighted by atomic mass is 35.5. The molecule has 0 aliphatic carbocycles. The number of sulfonamides is 1. The number of halogens is 1. The van der Waals surface area contributed by atoms with Crippen LogP contribution in [0.15, 0.2) is 41.3 Å². The van der Waals surface area contributed by atoms with Gasteiger partial charge in [0.2, 0.25) is 10.0 Å². The van der Waals surface area contributed by atoms with E-state index in [1.54, 1.807) is 24.3 Å². The van der Waals surface area contributed by atoms with Crippen molar-refractivity contribution in [3.63, 3.8) is 0 Å². The molecule has 0 radical (unpaired) electrons. The van der Waals surface area contributed by atoms with Crippen molar-refractivity contribution in [2.24, 2.45) is 0 Å². The van der Waals surface area contributed by atoms with E-state index in [1.165, 1.54) is 24.5 Å². The standard InChI is InChI=1S/C18H22ClNO4S/c1-4-13-11-14(5-7-17(13)21)15-6-8-18(16(19)12-15)25(22,23)20(2)9-10-24-3/h5-8,11-12,21H,4,9-10H2,1-3H3. The van der Waals surface area contributed by atoms with Crippen molar-refractivity contribution in [3.05, 3.63) is 47.0 Å². The van der Waals surface area contributed by atoms with Gasteiger partial charge in [-0.2, -0.15) is 4.31 Å². The van der Waals surface area contributed by atoms with Crippen molar-refractivity contribution in [2.45, 2.75) is 18.2 Å². The SMILES string of the molecule is CCc1cc(-c2ccc(S(=O)(=O)N(C)CCOC)c(Cl)c2)ccc1O. The number of phenols is 1. The maximum absolute atomic E-state index is 12.6. The Hall–Kier alpha value is -1.60. The molecule has 2 aromatic rings. The molecule has 7 heteroatoms. The fourth-order valence-corrected chi connectivity index (χ4v) is 4.11. The lowest BCUT2D eigenvalue weighted by Gasteiger charge is -2.18. The second-order valence-electron chi connectivity index (χ2n) is 5.66. The first-order chi connectivity index (χ1) is 11.8. The van der Waals surface area contributed by atoms with E-state index in [0.29, 0.717) is 13.0 Å². The van der Waals surface area contributed by atoms with Crippen LogP contribution >= 0.6 is 11.6 Å². The number of aryl methyl sites for hydroxylation is 1. The number of aromatic hydroxyl groups is 1. The molecule has 0 amide bonds. The fraction of sp³-hybridized carbons (Fsp3) is 0.333. The van der Waals surface area contributed by atoms with E-state index in [-0.39, 0.29) is 22.2 Å². The van der Waals surface area contributed by atoms with Gasteiger partial charge in [0, 0.05) is 20.7 Å². The van der Waals surface area contributed by atoms with Gasteiger partial charge in [-0.15, -0.1) is 0 Å². The number of rotatable bonds is 7. The molecule has 2 aromatic carbocycles. The first-order valence-electron chi connectivity index (χ1n) is 7.88. The number of hydrogen-bond donors (Lipinski definition) is 1. The van der Waals surface area contributed by atoms with Crippen LogP contribution in [0.4, 0.5) is 0 Å². The van der Waals surface area contributed by atoms with E-state index in [0.717, 1.165) is 16.7 Å². The van der Waals surface area contributed by atoms with Crippen molar-refractivity contribution < 1.29 is 18.3 Å². The normalized spacial score (nSPS) is 11.9. The lowest BCUT2D eigenvalue weighted by atomic mass is 10.0. The van der Waals surface area contributed by atoms with Gasteiger partial charge in [0.25, 0.3) is 0 Å². The average Bonchev–Trinajstić information content (AvgIpc) is 2.59. The minimum absolute atomic E-state index is 0.0611. The summed E-state index contributed by atoms with van der Waals surface area (Å²) in [6.45, 7) is 2.50. The highest BCUT2D eigenvalue weighted by Gasteiger charge is 2.23. The molecule has 5 nitrogen and oxygen atoms in total. The maximum atomic E-state index is 12.6.